The summed E-state index contributed by atoms with van der Waals surface area (Å²) in [7, 11) is 0. The van der Waals surface area contributed by atoms with E-state index in [1.807, 2.05) is 0 Å². The first-order chi connectivity index (χ1) is 28.7. The molecule has 2 nitrogen and oxygen atoms in total. The number of thioether (sulfide) groups is 1. The van der Waals surface area contributed by atoms with Gasteiger partial charge in [-0.1, -0.05) is 140 Å². The first kappa shape index (κ1) is 34.0. The van der Waals surface area contributed by atoms with Gasteiger partial charge in [-0.15, -0.1) is 23.1 Å². The molecule has 12 rings (SSSR count). The Kier molecular flexibility index (Phi) is 8.09. The second-order valence-electron chi connectivity index (χ2n) is 15.8. The molecule has 4 aliphatic rings. The minimum Gasteiger partial charge on any atom is -0.227 e. The van der Waals surface area contributed by atoms with E-state index >= 15 is 0 Å². The van der Waals surface area contributed by atoms with Gasteiger partial charge in [0.15, 0.2) is 5.82 Å². The highest BCUT2D eigenvalue weighted by Gasteiger charge is 2.38. The zero-order valence-electron chi connectivity index (χ0n) is 31.9. The summed E-state index contributed by atoms with van der Waals surface area (Å²) >= 11 is 3.87. The largest absolute Gasteiger partial charge is 0.227 e. The van der Waals surface area contributed by atoms with Crippen LogP contribution in [0.3, 0.4) is 0 Å². The molecule has 0 fully saturated rings. The van der Waals surface area contributed by atoms with Crippen molar-refractivity contribution in [3.05, 3.63) is 197 Å². The zero-order valence-corrected chi connectivity index (χ0v) is 33.5. The molecule has 1 aliphatic heterocycles. The lowest BCUT2D eigenvalue weighted by Gasteiger charge is -2.27. The molecule has 2 atom stereocenters. The normalized spacial score (nSPS) is 18.8. The summed E-state index contributed by atoms with van der Waals surface area (Å²) in [6, 6.07) is 46.3. The van der Waals surface area contributed by atoms with Gasteiger partial charge in [-0.05, 0) is 121 Å². The molecule has 276 valence electrons. The molecular weight excluding hydrogens is 741 g/mol. The predicted molar refractivity (Wildman–Crippen MR) is 249 cm³/mol. The van der Waals surface area contributed by atoms with E-state index in [4.69, 9.17) is 9.97 Å². The molecule has 6 aromatic carbocycles. The number of aromatic nitrogens is 2. The molecule has 0 spiro atoms. The van der Waals surface area contributed by atoms with Crippen LogP contribution in [-0.4, -0.2) is 15.2 Å². The quantitative estimate of drug-likeness (QED) is 0.163. The average molecular weight is 779 g/mol. The summed E-state index contributed by atoms with van der Waals surface area (Å²) in [4.78, 5) is 13.5. The van der Waals surface area contributed by atoms with Crippen molar-refractivity contribution in [2.75, 3.05) is 0 Å². The minimum absolute atomic E-state index is 0.481. The standard InChI is InChI=1S/C54H38N2S2/c1-2-13-35(14-3-1)51-50-46-20-9-11-24-49(46)58-54(50)56-53(55-51)39-30-37(29-38(31-39)47-32-36-15-4-5-16-40(36)42-17-6-7-18-43(42)47)33-25-27-34(28-26-33)41-21-12-22-45-44-19-8-10-23-48(44)57-52(41)45/h1-9,11-22,24-25,27,29-32,45,52H,10,23,26,28H2. The molecule has 0 amide bonds. The first-order valence-electron chi connectivity index (χ1n) is 20.4. The molecule has 0 N–H and O–H groups in total. The topological polar surface area (TPSA) is 25.8 Å². The van der Waals surface area contributed by atoms with Crippen LogP contribution in [0.25, 0.3) is 81.2 Å². The molecule has 58 heavy (non-hydrogen) atoms. The third-order valence-electron chi connectivity index (χ3n) is 12.5. The Morgan fingerprint density at radius 3 is 2.21 bits per heavy atom. The minimum atomic E-state index is 0.481. The van der Waals surface area contributed by atoms with Gasteiger partial charge < -0.3 is 0 Å². The monoisotopic (exact) mass is 778 g/mol. The van der Waals surface area contributed by atoms with Crippen molar-refractivity contribution in [3.8, 4) is 33.8 Å². The maximum Gasteiger partial charge on any atom is 0.161 e. The molecular formula is C54H38N2S2. The van der Waals surface area contributed by atoms with Crippen molar-refractivity contribution < 1.29 is 0 Å². The summed E-state index contributed by atoms with van der Waals surface area (Å²) in [6.45, 7) is 0. The molecule has 0 saturated heterocycles. The van der Waals surface area contributed by atoms with Crippen molar-refractivity contribution in [1.29, 1.82) is 0 Å². The maximum absolute atomic E-state index is 5.47. The number of allylic oxidation sites excluding steroid dienone is 11. The molecule has 3 heterocycles. The Morgan fingerprint density at radius 2 is 1.33 bits per heavy atom. The first-order valence-corrected chi connectivity index (χ1v) is 22.1. The van der Waals surface area contributed by atoms with Crippen LogP contribution in [0, 0.1) is 5.92 Å². The lowest BCUT2D eigenvalue weighted by molar-refractivity contribution is 0.770. The molecule has 4 heteroatoms. The zero-order chi connectivity index (χ0) is 38.2. The van der Waals surface area contributed by atoms with Gasteiger partial charge in [0.2, 0.25) is 0 Å². The molecule has 0 radical (unpaired) electrons. The summed E-state index contributed by atoms with van der Waals surface area (Å²) < 4.78 is 1.23. The van der Waals surface area contributed by atoms with Gasteiger partial charge in [0, 0.05) is 37.8 Å². The summed E-state index contributed by atoms with van der Waals surface area (Å²) in [5.41, 5.74) is 12.6. The lowest BCUT2D eigenvalue weighted by Crippen LogP contribution is -2.19. The van der Waals surface area contributed by atoms with E-state index < -0.39 is 0 Å². The van der Waals surface area contributed by atoms with Crippen LogP contribution in [0.1, 0.15) is 31.2 Å². The van der Waals surface area contributed by atoms with Crippen molar-refractivity contribution in [1.82, 2.24) is 9.97 Å². The van der Waals surface area contributed by atoms with Crippen LogP contribution < -0.4 is 0 Å². The van der Waals surface area contributed by atoms with E-state index in [0.717, 1.165) is 52.1 Å². The Labute approximate surface area is 346 Å². The maximum atomic E-state index is 5.47. The number of hydrogen-bond donors (Lipinski definition) is 0. The number of fused-ring (bicyclic) bond motifs is 8. The van der Waals surface area contributed by atoms with Gasteiger partial charge in [0.05, 0.1) is 5.69 Å². The van der Waals surface area contributed by atoms with Crippen LogP contribution in [0.5, 0.6) is 0 Å². The summed E-state index contributed by atoms with van der Waals surface area (Å²) in [6.07, 6.45) is 21.0. The Balaban J connectivity index is 1.03. The summed E-state index contributed by atoms with van der Waals surface area (Å²) in [5, 5.41) is 7.85. The van der Waals surface area contributed by atoms with Gasteiger partial charge in [-0.25, -0.2) is 9.97 Å². The van der Waals surface area contributed by atoms with Gasteiger partial charge in [0.25, 0.3) is 0 Å². The van der Waals surface area contributed by atoms with E-state index in [1.165, 1.54) is 71.5 Å². The van der Waals surface area contributed by atoms with Crippen molar-refractivity contribution in [2.24, 2.45) is 5.92 Å². The SMILES string of the molecule is C1=CC2C3=C(CCC=C3)SC2C(C2=CC=C(c3cc(-c4nc(-c5ccccc5)c5c(n4)sc4ccccc45)cc(-c4cc5ccccc5c5ccccc45)c3)CC2)=C1. The van der Waals surface area contributed by atoms with E-state index in [0.29, 0.717) is 11.2 Å². The van der Waals surface area contributed by atoms with E-state index in [-0.39, 0.29) is 0 Å². The lowest BCUT2D eigenvalue weighted by atomic mass is 9.80. The van der Waals surface area contributed by atoms with Gasteiger partial charge >= 0.3 is 0 Å². The van der Waals surface area contributed by atoms with Gasteiger partial charge in [-0.2, -0.15) is 0 Å². The van der Waals surface area contributed by atoms with E-state index in [9.17, 15) is 0 Å². The number of benzene rings is 6. The number of hydrogen-bond acceptors (Lipinski definition) is 4. The highest BCUT2D eigenvalue weighted by molar-refractivity contribution is 8.04. The molecule has 8 aromatic rings. The highest BCUT2D eigenvalue weighted by Crippen LogP contribution is 2.53. The van der Waals surface area contributed by atoms with Crippen LogP contribution >= 0.6 is 23.1 Å². The summed E-state index contributed by atoms with van der Waals surface area (Å²) in [5.74, 6) is 1.24. The van der Waals surface area contributed by atoms with Gasteiger partial charge in [-0.3, -0.25) is 0 Å². The van der Waals surface area contributed by atoms with E-state index in [1.54, 1.807) is 21.8 Å². The number of rotatable bonds is 5. The smallest absolute Gasteiger partial charge is 0.161 e. The van der Waals surface area contributed by atoms with Crippen molar-refractivity contribution >= 4 is 70.5 Å². The van der Waals surface area contributed by atoms with Crippen molar-refractivity contribution in [3.63, 3.8) is 0 Å². The Hall–Kier alpha value is -6.07. The fourth-order valence-corrected chi connectivity index (χ4v) is 12.4. The fraction of sp³-hybridized carbons (Fsp3) is 0.111. The third-order valence-corrected chi connectivity index (χ3v) is 15.1. The highest BCUT2D eigenvalue weighted by atomic mass is 32.2. The molecule has 3 aliphatic carbocycles. The average Bonchev–Trinajstić information content (AvgIpc) is 3.87. The van der Waals surface area contributed by atoms with E-state index in [2.05, 4.69) is 182 Å². The van der Waals surface area contributed by atoms with Crippen LogP contribution in [0.15, 0.2) is 192 Å². The fourth-order valence-electron chi connectivity index (χ4n) is 9.67. The molecule has 0 saturated carbocycles. The molecule has 2 unspecified atom stereocenters. The van der Waals surface area contributed by atoms with Crippen LogP contribution in [-0.2, 0) is 0 Å². The second-order valence-corrected chi connectivity index (χ2v) is 18.1. The molecule has 2 aromatic heterocycles. The Bertz CT molecular complexity index is 3210. The number of thiophene rings is 1. The second kappa shape index (κ2) is 13.8. The van der Waals surface area contributed by atoms with Gasteiger partial charge in [0.1, 0.15) is 4.83 Å². The third kappa shape index (κ3) is 5.61. The Morgan fingerprint density at radius 1 is 0.586 bits per heavy atom. The van der Waals surface area contributed by atoms with Crippen LogP contribution in [0.2, 0.25) is 0 Å². The van der Waals surface area contributed by atoms with Crippen molar-refractivity contribution in [2.45, 2.75) is 30.9 Å². The van der Waals surface area contributed by atoms with Crippen LogP contribution in [0.4, 0.5) is 0 Å². The predicted octanol–water partition coefficient (Wildman–Crippen LogP) is 15.1. The number of nitrogens with zero attached hydrogens (tertiary/aromatic N) is 2. The molecule has 0 bridgehead atoms.